The zero-order valence-corrected chi connectivity index (χ0v) is 9.47. The van der Waals surface area contributed by atoms with Gasteiger partial charge in [0.05, 0.1) is 0 Å². The maximum atomic E-state index is 11.3. The Kier molecular flexibility index (Phi) is 5.20. The van der Waals surface area contributed by atoms with E-state index in [4.69, 9.17) is 10.3 Å². The van der Waals surface area contributed by atoms with Crippen LogP contribution in [0.4, 0.5) is 5.82 Å². The lowest BCUT2D eigenvalue weighted by Gasteiger charge is -2.00. The van der Waals surface area contributed by atoms with Crippen molar-refractivity contribution < 1.29 is 9.32 Å². The average Bonchev–Trinajstić information content (AvgIpc) is 2.59. The summed E-state index contributed by atoms with van der Waals surface area (Å²) in [7, 11) is 0. The van der Waals surface area contributed by atoms with Gasteiger partial charge in [0, 0.05) is 30.5 Å². The van der Waals surface area contributed by atoms with E-state index in [1.807, 2.05) is 0 Å². The van der Waals surface area contributed by atoms with Gasteiger partial charge in [-0.3, -0.25) is 4.79 Å². The van der Waals surface area contributed by atoms with Crippen LogP contribution in [0.5, 0.6) is 0 Å². The van der Waals surface area contributed by atoms with Crippen LogP contribution in [0.1, 0.15) is 12.2 Å². The van der Waals surface area contributed by atoms with Gasteiger partial charge in [-0.25, -0.2) is 0 Å². The number of thioether (sulfide) groups is 1. The first-order valence-electron chi connectivity index (χ1n) is 4.73. The Morgan fingerprint density at radius 1 is 1.67 bits per heavy atom. The number of amides is 1. The SMILES string of the molecule is Cc1cc(NC(=O)CCSCCN)no1. The van der Waals surface area contributed by atoms with E-state index in [1.165, 1.54) is 0 Å². The van der Waals surface area contributed by atoms with Gasteiger partial charge in [-0.15, -0.1) is 0 Å². The molecule has 0 spiro atoms. The molecule has 1 aromatic rings. The number of anilines is 1. The van der Waals surface area contributed by atoms with E-state index in [2.05, 4.69) is 10.5 Å². The number of aryl methyl sites for hydroxylation is 1. The summed E-state index contributed by atoms with van der Waals surface area (Å²) in [4.78, 5) is 11.3. The predicted octanol–water partition coefficient (Wildman–Crippen LogP) is 1.00. The van der Waals surface area contributed by atoms with E-state index in [0.717, 1.165) is 11.5 Å². The van der Waals surface area contributed by atoms with Crippen LogP contribution in [0.15, 0.2) is 10.6 Å². The molecule has 0 aliphatic heterocycles. The van der Waals surface area contributed by atoms with Gasteiger partial charge in [-0.1, -0.05) is 5.16 Å². The van der Waals surface area contributed by atoms with Crippen molar-refractivity contribution in [3.8, 4) is 0 Å². The molecule has 84 valence electrons. The van der Waals surface area contributed by atoms with Crippen molar-refractivity contribution in [1.82, 2.24) is 5.16 Å². The number of hydrogen-bond donors (Lipinski definition) is 2. The van der Waals surface area contributed by atoms with Gasteiger partial charge in [0.1, 0.15) is 5.76 Å². The van der Waals surface area contributed by atoms with Gasteiger partial charge in [0.25, 0.3) is 0 Å². The fourth-order valence-corrected chi connectivity index (χ4v) is 1.68. The van der Waals surface area contributed by atoms with Gasteiger partial charge in [-0.05, 0) is 6.92 Å². The van der Waals surface area contributed by atoms with E-state index < -0.39 is 0 Å². The maximum absolute atomic E-state index is 11.3. The molecule has 1 amide bonds. The molecule has 0 aromatic carbocycles. The molecule has 0 bridgehead atoms. The fourth-order valence-electron chi connectivity index (χ4n) is 0.981. The number of nitrogens with zero attached hydrogens (tertiary/aromatic N) is 1. The highest BCUT2D eigenvalue weighted by Gasteiger charge is 2.05. The van der Waals surface area contributed by atoms with E-state index in [-0.39, 0.29) is 5.91 Å². The topological polar surface area (TPSA) is 81.2 Å². The monoisotopic (exact) mass is 229 g/mol. The van der Waals surface area contributed by atoms with Crippen LogP contribution in [-0.4, -0.2) is 29.1 Å². The lowest BCUT2D eigenvalue weighted by Crippen LogP contribution is -2.13. The van der Waals surface area contributed by atoms with Crippen molar-refractivity contribution >= 4 is 23.5 Å². The van der Waals surface area contributed by atoms with Crippen LogP contribution >= 0.6 is 11.8 Å². The third kappa shape index (κ3) is 4.85. The molecule has 1 heterocycles. The normalized spacial score (nSPS) is 10.3. The van der Waals surface area contributed by atoms with Crippen LogP contribution in [-0.2, 0) is 4.79 Å². The summed E-state index contributed by atoms with van der Waals surface area (Å²) in [6.07, 6.45) is 0.469. The van der Waals surface area contributed by atoms with E-state index in [1.54, 1.807) is 24.8 Å². The predicted molar refractivity (Wildman–Crippen MR) is 60.9 cm³/mol. The van der Waals surface area contributed by atoms with Crippen LogP contribution in [0, 0.1) is 6.92 Å². The Morgan fingerprint density at radius 2 is 2.47 bits per heavy atom. The van der Waals surface area contributed by atoms with Crippen molar-refractivity contribution in [2.24, 2.45) is 5.73 Å². The molecular formula is C9H15N3O2S. The first-order valence-corrected chi connectivity index (χ1v) is 5.89. The summed E-state index contributed by atoms with van der Waals surface area (Å²) in [6, 6.07) is 1.69. The molecule has 0 fully saturated rings. The van der Waals surface area contributed by atoms with Crippen molar-refractivity contribution in [3.63, 3.8) is 0 Å². The third-order valence-corrected chi connectivity index (χ3v) is 2.65. The van der Waals surface area contributed by atoms with Gasteiger partial charge >= 0.3 is 0 Å². The Morgan fingerprint density at radius 3 is 3.07 bits per heavy atom. The molecule has 1 rings (SSSR count). The summed E-state index contributed by atoms with van der Waals surface area (Å²) in [5, 5.41) is 6.32. The van der Waals surface area contributed by atoms with Crippen molar-refractivity contribution in [2.45, 2.75) is 13.3 Å². The Balaban J connectivity index is 2.18. The molecule has 0 saturated heterocycles. The number of hydrogen-bond acceptors (Lipinski definition) is 5. The van der Waals surface area contributed by atoms with E-state index >= 15 is 0 Å². The molecule has 0 aliphatic rings. The second-order valence-corrected chi connectivity index (χ2v) is 4.25. The van der Waals surface area contributed by atoms with Crippen LogP contribution in [0.2, 0.25) is 0 Å². The van der Waals surface area contributed by atoms with Gasteiger partial charge in [0.15, 0.2) is 5.82 Å². The highest BCUT2D eigenvalue weighted by atomic mass is 32.2. The summed E-state index contributed by atoms with van der Waals surface area (Å²) in [5.41, 5.74) is 5.33. The third-order valence-electron chi connectivity index (χ3n) is 1.63. The summed E-state index contributed by atoms with van der Waals surface area (Å²) in [5.74, 6) is 2.77. The maximum Gasteiger partial charge on any atom is 0.226 e. The fraction of sp³-hybridized carbons (Fsp3) is 0.556. The van der Waals surface area contributed by atoms with Crippen molar-refractivity contribution in [1.29, 1.82) is 0 Å². The Labute approximate surface area is 92.8 Å². The average molecular weight is 229 g/mol. The summed E-state index contributed by atoms with van der Waals surface area (Å²) in [6.45, 7) is 2.43. The number of carbonyl (C=O) groups excluding carboxylic acids is 1. The van der Waals surface area contributed by atoms with Crippen LogP contribution in [0.25, 0.3) is 0 Å². The highest BCUT2D eigenvalue weighted by Crippen LogP contribution is 2.08. The second-order valence-electron chi connectivity index (χ2n) is 3.02. The molecule has 0 saturated carbocycles. The number of nitrogens with two attached hydrogens (primary N) is 1. The van der Waals surface area contributed by atoms with Gasteiger partial charge in [-0.2, -0.15) is 11.8 Å². The molecule has 6 heteroatoms. The zero-order valence-electron chi connectivity index (χ0n) is 8.66. The molecule has 0 atom stereocenters. The molecule has 5 nitrogen and oxygen atoms in total. The first kappa shape index (κ1) is 12.1. The quantitative estimate of drug-likeness (QED) is 0.711. The van der Waals surface area contributed by atoms with Crippen molar-refractivity contribution in [3.05, 3.63) is 11.8 Å². The zero-order chi connectivity index (χ0) is 11.1. The van der Waals surface area contributed by atoms with Crippen LogP contribution in [0.3, 0.4) is 0 Å². The minimum atomic E-state index is -0.0483. The number of carbonyl (C=O) groups is 1. The minimum absolute atomic E-state index is 0.0483. The number of aromatic nitrogens is 1. The molecular weight excluding hydrogens is 214 g/mol. The number of rotatable bonds is 6. The van der Waals surface area contributed by atoms with E-state index in [9.17, 15) is 4.79 Å². The Hall–Kier alpha value is -1.01. The number of nitrogens with one attached hydrogen (secondary N) is 1. The molecule has 0 unspecified atom stereocenters. The smallest absolute Gasteiger partial charge is 0.226 e. The summed E-state index contributed by atoms with van der Waals surface area (Å²) < 4.78 is 4.82. The van der Waals surface area contributed by atoms with Gasteiger partial charge < -0.3 is 15.6 Å². The largest absolute Gasteiger partial charge is 0.360 e. The Bertz CT molecular complexity index is 314. The van der Waals surface area contributed by atoms with E-state index in [0.29, 0.717) is 24.5 Å². The standard InChI is InChI=1S/C9H15N3O2S/c1-7-6-8(12-14-7)11-9(13)2-4-15-5-3-10/h6H,2-5,10H2,1H3,(H,11,12,13). The molecule has 0 aliphatic carbocycles. The molecule has 0 radical (unpaired) electrons. The molecule has 3 N–H and O–H groups in total. The molecule has 15 heavy (non-hydrogen) atoms. The highest BCUT2D eigenvalue weighted by molar-refractivity contribution is 7.99. The minimum Gasteiger partial charge on any atom is -0.360 e. The summed E-state index contributed by atoms with van der Waals surface area (Å²) >= 11 is 1.67. The second kappa shape index (κ2) is 6.47. The van der Waals surface area contributed by atoms with Crippen molar-refractivity contribution in [2.75, 3.05) is 23.4 Å². The van der Waals surface area contributed by atoms with Gasteiger partial charge in [0.2, 0.25) is 5.91 Å². The van der Waals surface area contributed by atoms with Crippen LogP contribution < -0.4 is 11.1 Å². The lowest BCUT2D eigenvalue weighted by molar-refractivity contribution is -0.115. The molecule has 1 aromatic heterocycles. The lowest BCUT2D eigenvalue weighted by atomic mass is 10.4. The first-order chi connectivity index (χ1) is 7.22.